The van der Waals surface area contributed by atoms with E-state index in [0.29, 0.717) is 22.0 Å². The van der Waals surface area contributed by atoms with Crippen molar-refractivity contribution in [3.63, 3.8) is 0 Å². The van der Waals surface area contributed by atoms with Gasteiger partial charge in [0.25, 0.3) is 0 Å². The lowest BCUT2D eigenvalue weighted by molar-refractivity contribution is -0.137. The summed E-state index contributed by atoms with van der Waals surface area (Å²) in [7, 11) is 0. The molecule has 37 heavy (non-hydrogen) atoms. The first-order valence-electron chi connectivity index (χ1n) is 12.6. The Morgan fingerprint density at radius 2 is 1.76 bits per heavy atom. The van der Waals surface area contributed by atoms with Gasteiger partial charge < -0.3 is 10.4 Å². The van der Waals surface area contributed by atoms with Gasteiger partial charge >= 0.3 is 5.97 Å². The SMILES string of the molecule is CCN1CCC[C@]1(C)C(=O)Nc1ccc(Cl)cc1C(=N[C@@H](CC(=O)O)c1ccccc1)c1ccccc1. The minimum absolute atomic E-state index is 0.0759. The summed E-state index contributed by atoms with van der Waals surface area (Å²) in [6.45, 7) is 5.73. The van der Waals surface area contributed by atoms with Gasteiger partial charge in [-0.2, -0.15) is 0 Å². The molecule has 1 aliphatic rings. The van der Waals surface area contributed by atoms with Gasteiger partial charge in [0.1, 0.15) is 0 Å². The largest absolute Gasteiger partial charge is 0.481 e. The maximum atomic E-state index is 13.6. The molecule has 1 fully saturated rings. The number of halogens is 1. The van der Waals surface area contributed by atoms with Crippen molar-refractivity contribution in [1.29, 1.82) is 0 Å². The van der Waals surface area contributed by atoms with Gasteiger partial charge in [-0.3, -0.25) is 19.5 Å². The molecule has 6 nitrogen and oxygen atoms in total. The van der Waals surface area contributed by atoms with Crippen LogP contribution >= 0.6 is 11.6 Å². The second-order valence-corrected chi connectivity index (χ2v) is 9.91. The smallest absolute Gasteiger partial charge is 0.305 e. The number of hydrogen-bond donors (Lipinski definition) is 2. The molecular weight excluding hydrogens is 486 g/mol. The quantitative estimate of drug-likeness (QED) is 0.331. The van der Waals surface area contributed by atoms with Crippen molar-refractivity contribution < 1.29 is 14.7 Å². The van der Waals surface area contributed by atoms with Crippen molar-refractivity contribution in [3.8, 4) is 0 Å². The van der Waals surface area contributed by atoms with Crippen LogP contribution in [0.3, 0.4) is 0 Å². The van der Waals surface area contributed by atoms with Gasteiger partial charge in [-0.05, 0) is 56.6 Å². The Morgan fingerprint density at radius 3 is 2.41 bits per heavy atom. The lowest BCUT2D eigenvalue weighted by Crippen LogP contribution is -2.50. The van der Waals surface area contributed by atoms with Crippen LogP contribution in [0.15, 0.2) is 83.9 Å². The Morgan fingerprint density at radius 1 is 1.08 bits per heavy atom. The minimum atomic E-state index is -0.946. The van der Waals surface area contributed by atoms with Crippen LogP contribution in [0.1, 0.15) is 55.8 Å². The highest BCUT2D eigenvalue weighted by molar-refractivity contribution is 6.31. The summed E-state index contributed by atoms with van der Waals surface area (Å²) in [6.07, 6.45) is 1.58. The number of benzene rings is 3. The number of amides is 1. The molecule has 3 aromatic carbocycles. The van der Waals surface area contributed by atoms with E-state index in [-0.39, 0.29) is 12.3 Å². The molecule has 3 aromatic rings. The summed E-state index contributed by atoms with van der Waals surface area (Å²) in [4.78, 5) is 32.6. The number of carboxylic acids is 1. The fraction of sp³-hybridized carbons (Fsp3) is 0.300. The highest BCUT2D eigenvalue weighted by Crippen LogP contribution is 2.33. The van der Waals surface area contributed by atoms with Crippen molar-refractivity contribution in [2.45, 2.75) is 44.7 Å². The van der Waals surface area contributed by atoms with Crippen LogP contribution in [-0.4, -0.2) is 46.2 Å². The van der Waals surface area contributed by atoms with E-state index in [0.717, 1.165) is 37.1 Å². The lowest BCUT2D eigenvalue weighted by atomic mass is 9.95. The van der Waals surface area contributed by atoms with Gasteiger partial charge in [0.15, 0.2) is 0 Å². The fourth-order valence-electron chi connectivity index (χ4n) is 4.99. The average Bonchev–Trinajstić information content (AvgIpc) is 3.30. The second kappa shape index (κ2) is 11.7. The first kappa shape index (κ1) is 26.6. The highest BCUT2D eigenvalue weighted by atomic mass is 35.5. The van der Waals surface area contributed by atoms with Crippen LogP contribution in [0.5, 0.6) is 0 Å². The highest BCUT2D eigenvalue weighted by Gasteiger charge is 2.42. The molecule has 0 aliphatic carbocycles. The average molecular weight is 518 g/mol. The molecular formula is C30H32ClN3O3. The Hall–Kier alpha value is -3.48. The number of hydrogen-bond acceptors (Lipinski definition) is 4. The summed E-state index contributed by atoms with van der Waals surface area (Å²) >= 11 is 6.45. The van der Waals surface area contributed by atoms with Crippen molar-refractivity contribution in [2.75, 3.05) is 18.4 Å². The number of aliphatic imine (C=N–C) groups is 1. The minimum Gasteiger partial charge on any atom is -0.481 e. The van der Waals surface area contributed by atoms with Crippen molar-refractivity contribution >= 4 is 34.9 Å². The number of rotatable bonds is 9. The molecule has 2 N–H and O–H groups in total. The third-order valence-corrected chi connectivity index (χ3v) is 7.26. The van der Waals surface area contributed by atoms with E-state index in [9.17, 15) is 14.7 Å². The third kappa shape index (κ3) is 6.09. The number of nitrogens with zero attached hydrogens (tertiary/aromatic N) is 2. The zero-order valence-electron chi connectivity index (χ0n) is 21.2. The van der Waals surface area contributed by atoms with E-state index >= 15 is 0 Å². The Balaban J connectivity index is 1.83. The molecule has 2 atom stereocenters. The van der Waals surface area contributed by atoms with Gasteiger partial charge in [0.05, 0.1) is 29.4 Å². The van der Waals surface area contributed by atoms with Crippen LogP contribution < -0.4 is 5.32 Å². The fourth-order valence-corrected chi connectivity index (χ4v) is 5.16. The molecule has 0 spiro atoms. The Kier molecular flexibility index (Phi) is 8.41. The number of nitrogens with one attached hydrogen (secondary N) is 1. The van der Waals surface area contributed by atoms with E-state index in [1.807, 2.05) is 67.6 Å². The number of likely N-dealkylation sites (tertiary alicyclic amines) is 1. The van der Waals surface area contributed by atoms with Gasteiger partial charge in [-0.15, -0.1) is 0 Å². The molecule has 0 aromatic heterocycles. The number of carbonyl (C=O) groups is 2. The van der Waals surface area contributed by atoms with Crippen LogP contribution in [0.25, 0.3) is 0 Å². The summed E-state index contributed by atoms with van der Waals surface area (Å²) in [6, 6.07) is 23.6. The van der Waals surface area contributed by atoms with E-state index in [4.69, 9.17) is 16.6 Å². The van der Waals surface area contributed by atoms with Crippen LogP contribution in [-0.2, 0) is 9.59 Å². The van der Waals surface area contributed by atoms with Crippen LogP contribution in [0.4, 0.5) is 5.69 Å². The van der Waals surface area contributed by atoms with Gasteiger partial charge in [-0.25, -0.2) is 0 Å². The Labute approximate surface area is 223 Å². The first-order valence-corrected chi connectivity index (χ1v) is 13.0. The van der Waals surface area contributed by atoms with Crippen molar-refractivity contribution in [2.24, 2.45) is 4.99 Å². The zero-order valence-corrected chi connectivity index (χ0v) is 21.9. The molecule has 0 unspecified atom stereocenters. The molecule has 4 rings (SSSR count). The number of aliphatic carboxylic acids is 1. The predicted octanol–water partition coefficient (Wildman–Crippen LogP) is 6.21. The standard InChI is InChI=1S/C30H32ClN3O3/c1-3-34-18-10-17-30(34,2)29(37)33-25-16-15-23(31)19-24(25)28(22-13-8-5-9-14-22)32-26(20-27(35)36)21-11-6-4-7-12-21/h4-9,11-16,19,26H,3,10,17-18,20H2,1-2H3,(H,33,37)(H,35,36)/t26-,30+/m0/s1. The monoisotopic (exact) mass is 517 g/mol. The predicted molar refractivity (Wildman–Crippen MR) is 148 cm³/mol. The maximum absolute atomic E-state index is 13.6. The van der Waals surface area contributed by atoms with Crippen molar-refractivity contribution in [3.05, 3.63) is 101 Å². The van der Waals surface area contributed by atoms with Gasteiger partial charge in [0, 0.05) is 16.1 Å². The van der Waals surface area contributed by atoms with Crippen LogP contribution in [0.2, 0.25) is 5.02 Å². The van der Waals surface area contributed by atoms with Crippen LogP contribution in [0, 0.1) is 0 Å². The third-order valence-electron chi connectivity index (χ3n) is 7.03. The number of carbonyl (C=O) groups excluding carboxylic acids is 1. The number of carboxylic acid groups (broad SMARTS) is 1. The molecule has 1 amide bonds. The van der Waals surface area contributed by atoms with E-state index in [1.165, 1.54) is 0 Å². The van der Waals surface area contributed by atoms with Gasteiger partial charge in [-0.1, -0.05) is 79.2 Å². The van der Waals surface area contributed by atoms with E-state index in [1.54, 1.807) is 18.2 Å². The van der Waals surface area contributed by atoms with E-state index in [2.05, 4.69) is 17.1 Å². The Bertz CT molecular complexity index is 1280. The zero-order chi connectivity index (χ0) is 26.4. The normalized spacial score (nSPS) is 18.9. The molecule has 1 aliphatic heterocycles. The molecule has 192 valence electrons. The maximum Gasteiger partial charge on any atom is 0.305 e. The molecule has 0 saturated carbocycles. The molecule has 0 bridgehead atoms. The summed E-state index contributed by atoms with van der Waals surface area (Å²) in [5.41, 5.74) is 2.78. The molecule has 1 saturated heterocycles. The van der Waals surface area contributed by atoms with Gasteiger partial charge in [0.2, 0.25) is 5.91 Å². The second-order valence-electron chi connectivity index (χ2n) is 9.47. The molecule has 7 heteroatoms. The number of likely N-dealkylation sites (N-methyl/N-ethyl adjacent to an activating group) is 1. The topological polar surface area (TPSA) is 82.0 Å². The van der Waals surface area contributed by atoms with Crippen molar-refractivity contribution in [1.82, 2.24) is 4.90 Å². The number of anilines is 1. The summed E-state index contributed by atoms with van der Waals surface area (Å²) in [5.74, 6) is -1.02. The first-order chi connectivity index (χ1) is 17.8. The summed E-state index contributed by atoms with van der Waals surface area (Å²) in [5, 5.41) is 13.3. The van der Waals surface area contributed by atoms with E-state index < -0.39 is 17.6 Å². The molecule has 1 heterocycles. The lowest BCUT2D eigenvalue weighted by Gasteiger charge is -2.33. The molecule has 0 radical (unpaired) electrons. The summed E-state index contributed by atoms with van der Waals surface area (Å²) < 4.78 is 0.